The van der Waals surface area contributed by atoms with Crippen LogP contribution < -0.4 is 0 Å². The molecule has 0 aliphatic rings. The largest absolute Gasteiger partial charge is 0.508 e. The first-order valence-corrected chi connectivity index (χ1v) is 6.79. The van der Waals surface area contributed by atoms with Gasteiger partial charge in [-0.1, -0.05) is 53.7 Å². The summed E-state index contributed by atoms with van der Waals surface area (Å²) in [5, 5.41) is 9.26. The lowest BCUT2D eigenvalue weighted by atomic mass is 9.82. The van der Waals surface area contributed by atoms with Crippen molar-refractivity contribution in [2.24, 2.45) is 11.8 Å². The summed E-state index contributed by atoms with van der Waals surface area (Å²) in [6.07, 6.45) is 1.21. The number of hydrogen-bond donors (Lipinski definition) is 1. The van der Waals surface area contributed by atoms with Crippen molar-refractivity contribution in [3.8, 4) is 5.75 Å². The zero-order valence-electron chi connectivity index (χ0n) is 12.2. The average Bonchev–Trinajstić information content (AvgIpc) is 2.29. The lowest BCUT2D eigenvalue weighted by molar-refractivity contribution is 0.407. The summed E-state index contributed by atoms with van der Waals surface area (Å²) in [6.45, 7) is 13.0. The van der Waals surface area contributed by atoms with Crippen LogP contribution in [0.5, 0.6) is 5.75 Å². The van der Waals surface area contributed by atoms with Crippen LogP contribution in [-0.4, -0.2) is 5.11 Å². The number of benzene rings is 1. The van der Waals surface area contributed by atoms with Crippen LogP contribution in [0.1, 0.15) is 59.4 Å². The van der Waals surface area contributed by atoms with Gasteiger partial charge in [-0.05, 0) is 41.9 Å². The van der Waals surface area contributed by atoms with Gasteiger partial charge in [-0.3, -0.25) is 0 Å². The molecule has 0 spiro atoms. The van der Waals surface area contributed by atoms with Gasteiger partial charge in [0.2, 0.25) is 0 Å². The fourth-order valence-corrected chi connectivity index (χ4v) is 2.02. The summed E-state index contributed by atoms with van der Waals surface area (Å²) in [6, 6.07) is 7.65. The molecule has 0 saturated carbocycles. The Hall–Kier alpha value is -0.980. The summed E-state index contributed by atoms with van der Waals surface area (Å²) in [4.78, 5) is 0. The summed E-state index contributed by atoms with van der Waals surface area (Å²) < 4.78 is 0. The van der Waals surface area contributed by atoms with E-state index in [1.165, 1.54) is 12.0 Å². The third kappa shape index (κ3) is 5.76. The van der Waals surface area contributed by atoms with E-state index in [0.29, 0.717) is 23.5 Å². The minimum atomic E-state index is 0.353. The molecular weight excluding hydrogens is 208 g/mol. The molecule has 0 aromatic heterocycles. The van der Waals surface area contributed by atoms with E-state index in [0.717, 1.165) is 0 Å². The highest BCUT2D eigenvalue weighted by atomic mass is 16.3. The second-order valence-electron chi connectivity index (χ2n) is 5.07. The van der Waals surface area contributed by atoms with Crippen LogP contribution in [0.25, 0.3) is 0 Å². The molecule has 0 amide bonds. The maximum atomic E-state index is 9.26. The number of phenols is 1. The van der Waals surface area contributed by atoms with Crippen LogP contribution >= 0.6 is 0 Å². The fraction of sp³-hybridized carbons (Fsp3) is 0.625. The molecule has 0 fully saturated rings. The first-order chi connectivity index (χ1) is 8.00. The lowest BCUT2D eigenvalue weighted by Crippen LogP contribution is -2.09. The molecule has 1 N–H and O–H groups in total. The van der Waals surface area contributed by atoms with E-state index in [1.54, 1.807) is 12.1 Å². The van der Waals surface area contributed by atoms with E-state index in [4.69, 9.17) is 0 Å². The van der Waals surface area contributed by atoms with Crippen molar-refractivity contribution in [1.29, 1.82) is 0 Å². The third-order valence-corrected chi connectivity index (χ3v) is 2.85. The lowest BCUT2D eigenvalue weighted by Gasteiger charge is -2.23. The molecule has 0 bridgehead atoms. The molecule has 0 heterocycles. The van der Waals surface area contributed by atoms with E-state index in [-0.39, 0.29) is 0 Å². The van der Waals surface area contributed by atoms with Crippen LogP contribution in [-0.2, 0) is 0 Å². The van der Waals surface area contributed by atoms with Crippen LogP contribution in [0.2, 0.25) is 0 Å². The second-order valence-corrected chi connectivity index (χ2v) is 5.07. The maximum absolute atomic E-state index is 9.26. The highest BCUT2D eigenvalue weighted by molar-refractivity contribution is 5.28. The third-order valence-electron chi connectivity index (χ3n) is 2.85. The van der Waals surface area contributed by atoms with Gasteiger partial charge in [0.05, 0.1) is 0 Å². The Balaban J connectivity index is 0.00000121. The van der Waals surface area contributed by atoms with Crippen molar-refractivity contribution in [3.63, 3.8) is 0 Å². The Morgan fingerprint density at radius 1 is 0.941 bits per heavy atom. The summed E-state index contributed by atoms with van der Waals surface area (Å²) in [7, 11) is 0. The second kappa shape index (κ2) is 8.16. The fourth-order valence-electron chi connectivity index (χ4n) is 2.02. The van der Waals surface area contributed by atoms with Gasteiger partial charge in [0, 0.05) is 0 Å². The van der Waals surface area contributed by atoms with Gasteiger partial charge < -0.3 is 5.11 Å². The molecule has 1 rings (SSSR count). The quantitative estimate of drug-likeness (QED) is 0.761. The molecule has 1 heteroatoms. The van der Waals surface area contributed by atoms with E-state index >= 15 is 0 Å². The molecule has 0 saturated heterocycles. The van der Waals surface area contributed by atoms with Crippen molar-refractivity contribution < 1.29 is 5.11 Å². The molecule has 0 radical (unpaired) electrons. The normalized spacial score (nSPS) is 12.2. The van der Waals surface area contributed by atoms with Gasteiger partial charge in [-0.15, -0.1) is 0 Å². The van der Waals surface area contributed by atoms with Crippen molar-refractivity contribution in [1.82, 2.24) is 0 Å². The molecule has 1 aromatic rings. The van der Waals surface area contributed by atoms with Crippen molar-refractivity contribution >= 4 is 0 Å². The standard InChI is InChI=1S/C14H22O.C2H6/c1-10(2)9-14(11(3)4)12-5-7-13(15)8-6-12;1-2/h5-8,10-11,14-15H,9H2,1-4H3;1-2H3. The SMILES string of the molecule is CC.CC(C)CC(c1ccc(O)cc1)C(C)C. The van der Waals surface area contributed by atoms with Gasteiger partial charge >= 0.3 is 0 Å². The Labute approximate surface area is 107 Å². The molecule has 1 atom stereocenters. The molecule has 1 aromatic carbocycles. The summed E-state index contributed by atoms with van der Waals surface area (Å²) >= 11 is 0. The van der Waals surface area contributed by atoms with Gasteiger partial charge in [0.1, 0.15) is 5.75 Å². The molecule has 1 nitrogen and oxygen atoms in total. The highest BCUT2D eigenvalue weighted by Crippen LogP contribution is 2.31. The Morgan fingerprint density at radius 2 is 1.41 bits per heavy atom. The van der Waals surface area contributed by atoms with Crippen LogP contribution in [0.3, 0.4) is 0 Å². The monoisotopic (exact) mass is 236 g/mol. The van der Waals surface area contributed by atoms with Gasteiger partial charge in [-0.25, -0.2) is 0 Å². The number of phenolic OH excluding ortho intramolecular Hbond substituents is 1. The van der Waals surface area contributed by atoms with Gasteiger partial charge in [-0.2, -0.15) is 0 Å². The van der Waals surface area contributed by atoms with E-state index in [2.05, 4.69) is 27.7 Å². The van der Waals surface area contributed by atoms with Crippen LogP contribution in [0, 0.1) is 11.8 Å². The van der Waals surface area contributed by atoms with Gasteiger partial charge in [0.15, 0.2) is 0 Å². The molecule has 1 unspecified atom stereocenters. The first-order valence-electron chi connectivity index (χ1n) is 6.79. The molecule has 0 aliphatic carbocycles. The summed E-state index contributed by atoms with van der Waals surface area (Å²) in [5.74, 6) is 2.32. The van der Waals surface area contributed by atoms with E-state index < -0.39 is 0 Å². The minimum absolute atomic E-state index is 0.353. The van der Waals surface area contributed by atoms with Crippen molar-refractivity contribution in [2.75, 3.05) is 0 Å². The molecule has 0 aliphatic heterocycles. The maximum Gasteiger partial charge on any atom is 0.115 e. The van der Waals surface area contributed by atoms with Crippen LogP contribution in [0.15, 0.2) is 24.3 Å². The van der Waals surface area contributed by atoms with Crippen LogP contribution in [0.4, 0.5) is 0 Å². The number of rotatable bonds is 4. The molecule has 17 heavy (non-hydrogen) atoms. The zero-order valence-corrected chi connectivity index (χ0v) is 12.2. The number of hydrogen-bond acceptors (Lipinski definition) is 1. The van der Waals surface area contributed by atoms with Crippen molar-refractivity contribution in [2.45, 2.75) is 53.9 Å². The predicted octanol–water partition coefficient (Wildman–Crippen LogP) is 5.20. The van der Waals surface area contributed by atoms with E-state index in [1.807, 2.05) is 26.0 Å². The Kier molecular flexibility index (Phi) is 7.69. The molecular formula is C16H28O. The topological polar surface area (TPSA) is 20.2 Å². The summed E-state index contributed by atoms with van der Waals surface area (Å²) in [5.41, 5.74) is 1.34. The minimum Gasteiger partial charge on any atom is -0.508 e. The molecule has 98 valence electrons. The smallest absolute Gasteiger partial charge is 0.115 e. The zero-order chi connectivity index (χ0) is 13.4. The van der Waals surface area contributed by atoms with E-state index in [9.17, 15) is 5.11 Å². The Morgan fingerprint density at radius 3 is 1.76 bits per heavy atom. The van der Waals surface area contributed by atoms with Crippen molar-refractivity contribution in [3.05, 3.63) is 29.8 Å². The predicted molar refractivity (Wildman–Crippen MR) is 76.5 cm³/mol. The highest BCUT2D eigenvalue weighted by Gasteiger charge is 2.16. The Bertz CT molecular complexity index is 285. The first kappa shape index (κ1) is 16.0. The average molecular weight is 236 g/mol. The number of aromatic hydroxyl groups is 1. The van der Waals surface area contributed by atoms with Gasteiger partial charge in [0.25, 0.3) is 0 Å².